The van der Waals surface area contributed by atoms with Crippen molar-refractivity contribution in [2.24, 2.45) is 0 Å². The van der Waals surface area contributed by atoms with E-state index in [2.05, 4.69) is 11.8 Å². The van der Waals surface area contributed by atoms with Gasteiger partial charge in [-0.05, 0) is 25.5 Å². The van der Waals surface area contributed by atoms with Gasteiger partial charge in [-0.3, -0.25) is 4.42 Å². The van der Waals surface area contributed by atoms with Crippen LogP contribution in [0.2, 0.25) is 0 Å². The minimum Gasteiger partial charge on any atom is -0.324 e. The average molecular weight is 208 g/mol. The van der Waals surface area contributed by atoms with Crippen LogP contribution in [0.3, 0.4) is 0 Å². The smallest absolute Gasteiger partial charge is 0.118 e. The van der Waals surface area contributed by atoms with Crippen molar-refractivity contribution >= 4 is 17.5 Å². The summed E-state index contributed by atoms with van der Waals surface area (Å²) in [6.07, 6.45) is 3.94. The summed E-state index contributed by atoms with van der Waals surface area (Å²) in [5, 5.41) is 0. The average Bonchev–Trinajstić information content (AvgIpc) is 2.49. The van der Waals surface area contributed by atoms with E-state index in [4.69, 9.17) is 11.8 Å². The molecule has 0 amide bonds. The third kappa shape index (κ3) is 1.46. The molecule has 1 aliphatic rings. The molecule has 1 atom stereocenters. The second kappa shape index (κ2) is 3.54. The summed E-state index contributed by atoms with van der Waals surface area (Å²) in [5.41, 5.74) is 2.11. The molecule has 1 radical (unpaired) electrons. The molecule has 1 heterocycles. The van der Waals surface area contributed by atoms with Crippen molar-refractivity contribution in [2.75, 3.05) is 4.90 Å². The number of halogens is 1. The van der Waals surface area contributed by atoms with E-state index in [1.54, 1.807) is 4.42 Å². The summed E-state index contributed by atoms with van der Waals surface area (Å²) in [5.74, 6) is 0. The van der Waals surface area contributed by atoms with Crippen LogP contribution in [0.1, 0.15) is 12.5 Å². The first-order valence-electron chi connectivity index (χ1n) is 4.52. The van der Waals surface area contributed by atoms with Gasteiger partial charge in [0.05, 0.1) is 0 Å². The Morgan fingerprint density at radius 1 is 1.29 bits per heavy atom. The Bertz CT molecular complexity index is 362. The number of rotatable bonds is 1. The van der Waals surface area contributed by atoms with E-state index in [1.807, 2.05) is 43.6 Å². The zero-order valence-corrected chi connectivity index (χ0v) is 8.78. The predicted octanol–water partition coefficient (Wildman–Crippen LogP) is 2.96. The van der Waals surface area contributed by atoms with E-state index in [9.17, 15) is 0 Å². The van der Waals surface area contributed by atoms with Crippen LogP contribution in [-0.2, 0) is 0 Å². The van der Waals surface area contributed by atoms with Crippen molar-refractivity contribution in [3.8, 4) is 0 Å². The predicted molar refractivity (Wildman–Crippen MR) is 59.7 cm³/mol. The van der Waals surface area contributed by atoms with Crippen molar-refractivity contribution in [2.45, 2.75) is 13.1 Å². The lowest BCUT2D eigenvalue weighted by molar-refractivity contribution is 0.498. The van der Waals surface area contributed by atoms with Gasteiger partial charge >= 0.3 is 0 Å². The van der Waals surface area contributed by atoms with Crippen LogP contribution in [-0.4, -0.2) is 10.6 Å². The highest BCUT2D eigenvalue weighted by Gasteiger charge is 2.22. The summed E-state index contributed by atoms with van der Waals surface area (Å²) < 4.78 is 1.65. The molecule has 0 N–H and O–H groups in total. The zero-order chi connectivity index (χ0) is 10.1. The monoisotopic (exact) mass is 207 g/mol. The Labute approximate surface area is 89.5 Å². The lowest BCUT2D eigenvalue weighted by Gasteiger charge is -2.26. The Morgan fingerprint density at radius 3 is 2.57 bits per heavy atom. The van der Waals surface area contributed by atoms with E-state index < -0.39 is 0 Å². The maximum Gasteiger partial charge on any atom is 0.118 e. The molecule has 0 saturated carbocycles. The van der Waals surface area contributed by atoms with Gasteiger partial charge in [-0.1, -0.05) is 18.2 Å². The molecule has 1 aliphatic heterocycles. The fourth-order valence-corrected chi connectivity index (χ4v) is 1.69. The molecular weight excluding hydrogens is 196 g/mol. The van der Waals surface area contributed by atoms with Crippen LogP contribution in [0.25, 0.3) is 0 Å². The molecule has 1 aromatic carbocycles. The van der Waals surface area contributed by atoms with Gasteiger partial charge in [-0.15, -0.1) is 0 Å². The van der Waals surface area contributed by atoms with Gasteiger partial charge in [0.2, 0.25) is 0 Å². The number of anilines is 1. The maximum atomic E-state index is 5.94. The van der Waals surface area contributed by atoms with Gasteiger partial charge in [0.25, 0.3) is 0 Å². The molecule has 0 aromatic heterocycles. The highest BCUT2D eigenvalue weighted by Crippen LogP contribution is 2.27. The molecule has 1 unspecified atom stereocenters. The van der Waals surface area contributed by atoms with Crippen LogP contribution in [0.15, 0.2) is 36.7 Å². The fourth-order valence-electron chi connectivity index (χ4n) is 1.55. The normalized spacial score (nSPS) is 20.6. The number of hydrogen-bond acceptors (Lipinski definition) is 2. The van der Waals surface area contributed by atoms with Crippen molar-refractivity contribution in [1.82, 2.24) is 4.42 Å². The number of benzene rings is 1. The maximum absolute atomic E-state index is 5.94. The van der Waals surface area contributed by atoms with E-state index in [0.29, 0.717) is 0 Å². The van der Waals surface area contributed by atoms with Crippen LogP contribution in [0.4, 0.5) is 5.69 Å². The number of nitrogens with zero attached hydrogens (tertiary/aromatic N) is 2. The molecule has 0 fully saturated rings. The summed E-state index contributed by atoms with van der Waals surface area (Å²) in [6.45, 7) is 6.03. The fraction of sp³-hybridized carbons (Fsp3) is 0.182. The van der Waals surface area contributed by atoms with Gasteiger partial charge in [-0.25, -0.2) is 0 Å². The van der Waals surface area contributed by atoms with Crippen molar-refractivity contribution in [3.05, 3.63) is 49.2 Å². The van der Waals surface area contributed by atoms with Crippen LogP contribution < -0.4 is 4.90 Å². The Balaban J connectivity index is 2.33. The topological polar surface area (TPSA) is 6.48 Å². The van der Waals surface area contributed by atoms with Gasteiger partial charge in [0, 0.05) is 29.9 Å². The molecule has 0 bridgehead atoms. The van der Waals surface area contributed by atoms with Crippen LogP contribution in [0.5, 0.6) is 0 Å². The van der Waals surface area contributed by atoms with Crippen molar-refractivity contribution in [1.29, 1.82) is 0 Å². The van der Waals surface area contributed by atoms with Crippen molar-refractivity contribution in [3.63, 3.8) is 0 Å². The van der Waals surface area contributed by atoms with Crippen LogP contribution in [0, 0.1) is 6.92 Å². The molecule has 1 aromatic rings. The van der Waals surface area contributed by atoms with Gasteiger partial charge in [0.15, 0.2) is 0 Å². The van der Waals surface area contributed by atoms with Gasteiger partial charge < -0.3 is 4.90 Å². The molecule has 2 rings (SSSR count). The summed E-state index contributed by atoms with van der Waals surface area (Å²) in [6, 6.07) is 8.02. The standard InChI is InChI=1S/C11H12ClN2/c1-9-5-3-4-6-11(9)13-7-8-14(12)10(13)2/h3-8,10H,1H2,2H3. The summed E-state index contributed by atoms with van der Waals surface area (Å²) >= 11 is 5.94. The summed E-state index contributed by atoms with van der Waals surface area (Å²) in [4.78, 5) is 2.09. The minimum atomic E-state index is 0.138. The largest absolute Gasteiger partial charge is 0.324 e. The van der Waals surface area contributed by atoms with E-state index >= 15 is 0 Å². The molecule has 0 spiro atoms. The summed E-state index contributed by atoms with van der Waals surface area (Å²) in [7, 11) is 0. The highest BCUT2D eigenvalue weighted by atomic mass is 35.5. The molecule has 73 valence electrons. The Hall–Kier alpha value is -1.15. The van der Waals surface area contributed by atoms with Gasteiger partial charge in [-0.2, -0.15) is 0 Å². The number of hydrogen-bond donors (Lipinski definition) is 0. The minimum absolute atomic E-state index is 0.138. The molecule has 2 nitrogen and oxygen atoms in total. The van der Waals surface area contributed by atoms with E-state index in [0.717, 1.165) is 11.3 Å². The molecular formula is C11H12ClN2. The number of para-hydroxylation sites is 1. The second-order valence-electron chi connectivity index (χ2n) is 3.31. The lowest BCUT2D eigenvalue weighted by atomic mass is 10.2. The van der Waals surface area contributed by atoms with Crippen LogP contribution >= 0.6 is 11.8 Å². The SMILES string of the molecule is [CH2]c1ccccc1N1C=CN(Cl)C1C. The van der Waals surface area contributed by atoms with Gasteiger partial charge in [0.1, 0.15) is 6.17 Å². The first kappa shape index (κ1) is 9.41. The Kier molecular flexibility index (Phi) is 2.38. The third-order valence-corrected chi connectivity index (χ3v) is 2.79. The first-order chi connectivity index (χ1) is 6.70. The Morgan fingerprint density at radius 2 is 2.00 bits per heavy atom. The van der Waals surface area contributed by atoms with E-state index in [1.165, 1.54) is 0 Å². The lowest BCUT2D eigenvalue weighted by Crippen LogP contribution is -2.31. The quantitative estimate of drug-likeness (QED) is 0.654. The zero-order valence-electron chi connectivity index (χ0n) is 8.02. The molecule has 0 saturated heterocycles. The van der Waals surface area contributed by atoms with E-state index in [-0.39, 0.29) is 6.17 Å². The third-order valence-electron chi connectivity index (χ3n) is 2.40. The first-order valence-corrected chi connectivity index (χ1v) is 4.86. The second-order valence-corrected chi connectivity index (χ2v) is 3.70. The highest BCUT2D eigenvalue weighted by molar-refractivity contribution is 6.14. The van der Waals surface area contributed by atoms with Crippen molar-refractivity contribution < 1.29 is 0 Å². The molecule has 0 aliphatic carbocycles. The molecule has 14 heavy (non-hydrogen) atoms. The molecule has 3 heteroatoms.